The maximum Gasteiger partial charge on any atom is 0.226 e. The average molecular weight is 351 g/mol. The minimum absolute atomic E-state index is 0.0294. The summed E-state index contributed by atoms with van der Waals surface area (Å²) in [5.41, 5.74) is 0.750. The minimum atomic E-state index is -0.0765. The summed E-state index contributed by atoms with van der Waals surface area (Å²) in [5.74, 6) is 0.0164. The molecule has 1 aliphatic carbocycles. The summed E-state index contributed by atoms with van der Waals surface area (Å²) in [4.78, 5) is 40.0. The number of ketones is 1. The highest BCUT2D eigenvalue weighted by Crippen LogP contribution is 2.38. The molecule has 0 fully saturated rings. The monoisotopic (exact) mass is 351 g/mol. The molecule has 1 aromatic heterocycles. The van der Waals surface area contributed by atoms with Crippen LogP contribution in [0, 0.1) is 5.41 Å². The molecule has 0 saturated heterocycles. The Hall–Kier alpha value is -1.76. The summed E-state index contributed by atoms with van der Waals surface area (Å²) in [6.07, 6.45) is 4.23. The standard InChI is InChI=1S/C17H25N3O3S/c1-11(21)18-8-6-4-5-7-14(23)20-16-19-12-9-17(2,3)10-13(22)15(12)24-16/h4-10H2,1-3H3,(H,18,21)(H,19,20,23). The first kappa shape index (κ1) is 18.6. The van der Waals surface area contributed by atoms with Crippen LogP contribution >= 0.6 is 11.3 Å². The van der Waals surface area contributed by atoms with Crippen molar-refractivity contribution >= 4 is 34.1 Å². The number of fused-ring (bicyclic) bond motifs is 1. The van der Waals surface area contributed by atoms with Crippen LogP contribution < -0.4 is 10.6 Å². The summed E-state index contributed by atoms with van der Waals surface area (Å²) in [6, 6.07) is 0. The van der Waals surface area contributed by atoms with Gasteiger partial charge < -0.3 is 10.6 Å². The Morgan fingerprint density at radius 3 is 2.67 bits per heavy atom. The van der Waals surface area contributed by atoms with Crippen molar-refractivity contribution in [2.24, 2.45) is 5.41 Å². The Morgan fingerprint density at radius 1 is 1.21 bits per heavy atom. The van der Waals surface area contributed by atoms with Crippen LogP contribution in [0.2, 0.25) is 0 Å². The van der Waals surface area contributed by atoms with Gasteiger partial charge in [0.15, 0.2) is 10.9 Å². The molecule has 1 heterocycles. The molecule has 0 bridgehead atoms. The fraction of sp³-hybridized carbons (Fsp3) is 0.647. The first-order valence-corrected chi connectivity index (χ1v) is 9.16. The number of nitrogens with zero attached hydrogens (tertiary/aromatic N) is 1. The number of nitrogens with one attached hydrogen (secondary N) is 2. The summed E-state index contributed by atoms with van der Waals surface area (Å²) < 4.78 is 0. The molecule has 1 aliphatic rings. The molecule has 2 amide bonds. The number of carbonyl (C=O) groups is 3. The fourth-order valence-electron chi connectivity index (χ4n) is 2.81. The quantitative estimate of drug-likeness (QED) is 0.739. The average Bonchev–Trinajstić information content (AvgIpc) is 2.83. The normalized spacial score (nSPS) is 15.7. The van der Waals surface area contributed by atoms with Gasteiger partial charge in [0, 0.05) is 26.3 Å². The van der Waals surface area contributed by atoms with Gasteiger partial charge in [-0.1, -0.05) is 31.6 Å². The molecule has 2 rings (SSSR count). The van der Waals surface area contributed by atoms with E-state index in [1.165, 1.54) is 18.3 Å². The SMILES string of the molecule is CC(=O)NCCCCCC(=O)Nc1nc2c(s1)C(=O)CC(C)(C)C2. The van der Waals surface area contributed by atoms with Crippen LogP contribution in [0.4, 0.5) is 5.13 Å². The largest absolute Gasteiger partial charge is 0.356 e. The van der Waals surface area contributed by atoms with Crippen LogP contribution in [0.5, 0.6) is 0 Å². The molecule has 6 nitrogen and oxygen atoms in total. The third-order valence-electron chi connectivity index (χ3n) is 3.94. The van der Waals surface area contributed by atoms with Crippen molar-refractivity contribution in [3.05, 3.63) is 10.6 Å². The highest BCUT2D eigenvalue weighted by molar-refractivity contribution is 7.17. The lowest BCUT2D eigenvalue weighted by Gasteiger charge is -2.26. The second kappa shape index (κ2) is 7.88. The van der Waals surface area contributed by atoms with Gasteiger partial charge in [-0.25, -0.2) is 4.98 Å². The summed E-state index contributed by atoms with van der Waals surface area (Å²) in [6.45, 7) is 6.26. The van der Waals surface area contributed by atoms with Crippen LogP contribution in [-0.4, -0.2) is 29.1 Å². The minimum Gasteiger partial charge on any atom is -0.356 e. The van der Waals surface area contributed by atoms with Crippen molar-refractivity contribution in [2.75, 3.05) is 11.9 Å². The predicted octanol–water partition coefficient (Wildman–Crippen LogP) is 2.93. The van der Waals surface area contributed by atoms with Gasteiger partial charge in [0.05, 0.1) is 10.6 Å². The van der Waals surface area contributed by atoms with E-state index >= 15 is 0 Å². The Kier molecular flexibility index (Phi) is 6.10. The second-order valence-electron chi connectivity index (χ2n) is 7.08. The van der Waals surface area contributed by atoms with Gasteiger partial charge in [-0.3, -0.25) is 14.4 Å². The maximum atomic E-state index is 12.1. The number of Topliss-reactive ketones (excluding diaryl/α,β-unsaturated/α-hetero) is 1. The predicted molar refractivity (Wildman–Crippen MR) is 94.3 cm³/mol. The number of carbonyl (C=O) groups excluding carboxylic acids is 3. The first-order chi connectivity index (χ1) is 11.3. The summed E-state index contributed by atoms with van der Waals surface area (Å²) in [7, 11) is 0. The molecule has 0 aliphatic heterocycles. The topological polar surface area (TPSA) is 88.2 Å². The van der Waals surface area contributed by atoms with E-state index in [1.54, 1.807) is 0 Å². The van der Waals surface area contributed by atoms with E-state index in [1.807, 2.05) is 0 Å². The van der Waals surface area contributed by atoms with Crippen LogP contribution in [-0.2, 0) is 16.0 Å². The molecule has 1 aromatic rings. The number of anilines is 1. The first-order valence-electron chi connectivity index (χ1n) is 8.34. The van der Waals surface area contributed by atoms with Gasteiger partial charge in [0.2, 0.25) is 11.8 Å². The van der Waals surface area contributed by atoms with Gasteiger partial charge in [-0.15, -0.1) is 0 Å². The van der Waals surface area contributed by atoms with Crippen LogP contribution in [0.1, 0.15) is 68.2 Å². The third kappa shape index (κ3) is 5.40. The Bertz CT molecular complexity index is 637. The second-order valence-corrected chi connectivity index (χ2v) is 8.08. The zero-order chi connectivity index (χ0) is 17.7. The molecule has 24 heavy (non-hydrogen) atoms. The lowest BCUT2D eigenvalue weighted by Crippen LogP contribution is -2.26. The van der Waals surface area contributed by atoms with E-state index in [-0.39, 0.29) is 23.0 Å². The van der Waals surface area contributed by atoms with Crippen molar-refractivity contribution in [3.8, 4) is 0 Å². The fourth-order valence-corrected chi connectivity index (χ4v) is 3.74. The van der Waals surface area contributed by atoms with E-state index in [9.17, 15) is 14.4 Å². The zero-order valence-electron chi connectivity index (χ0n) is 14.5. The van der Waals surface area contributed by atoms with Crippen molar-refractivity contribution in [1.82, 2.24) is 10.3 Å². The van der Waals surface area contributed by atoms with Crippen molar-refractivity contribution in [1.29, 1.82) is 0 Å². The molecule has 7 heteroatoms. The highest BCUT2D eigenvalue weighted by atomic mass is 32.1. The van der Waals surface area contributed by atoms with Gasteiger partial charge in [-0.05, 0) is 24.7 Å². The molecule has 0 unspecified atom stereocenters. The van der Waals surface area contributed by atoms with E-state index in [0.717, 1.165) is 31.4 Å². The van der Waals surface area contributed by atoms with E-state index in [2.05, 4.69) is 29.5 Å². The van der Waals surface area contributed by atoms with Gasteiger partial charge in [0.25, 0.3) is 0 Å². The number of amides is 2. The number of hydrogen-bond donors (Lipinski definition) is 2. The lowest BCUT2D eigenvalue weighted by molar-refractivity contribution is -0.119. The number of thiazole rings is 1. The van der Waals surface area contributed by atoms with Gasteiger partial charge in [-0.2, -0.15) is 0 Å². The maximum absolute atomic E-state index is 12.1. The van der Waals surface area contributed by atoms with Gasteiger partial charge >= 0.3 is 0 Å². The molecule has 0 aromatic carbocycles. The van der Waals surface area contributed by atoms with Gasteiger partial charge in [0.1, 0.15) is 0 Å². The summed E-state index contributed by atoms with van der Waals surface area (Å²) in [5, 5.41) is 6.06. The molecular weight excluding hydrogens is 326 g/mol. The van der Waals surface area contributed by atoms with E-state index < -0.39 is 0 Å². The smallest absolute Gasteiger partial charge is 0.226 e. The lowest BCUT2D eigenvalue weighted by atomic mass is 9.78. The number of hydrogen-bond acceptors (Lipinski definition) is 5. The molecule has 132 valence electrons. The zero-order valence-corrected chi connectivity index (χ0v) is 15.3. The Balaban J connectivity index is 1.77. The van der Waals surface area contributed by atoms with Crippen LogP contribution in [0.15, 0.2) is 0 Å². The number of unbranched alkanes of at least 4 members (excludes halogenated alkanes) is 2. The molecular formula is C17H25N3O3S. The van der Waals surface area contributed by atoms with E-state index in [0.29, 0.717) is 29.4 Å². The van der Waals surface area contributed by atoms with Crippen LogP contribution in [0.25, 0.3) is 0 Å². The number of aromatic nitrogens is 1. The molecule has 0 radical (unpaired) electrons. The van der Waals surface area contributed by atoms with E-state index in [4.69, 9.17) is 0 Å². The molecule has 0 saturated carbocycles. The third-order valence-corrected chi connectivity index (χ3v) is 4.99. The Morgan fingerprint density at radius 2 is 1.96 bits per heavy atom. The van der Waals surface area contributed by atoms with Crippen molar-refractivity contribution in [3.63, 3.8) is 0 Å². The molecule has 0 spiro atoms. The molecule has 0 atom stereocenters. The van der Waals surface area contributed by atoms with Crippen LogP contribution in [0.3, 0.4) is 0 Å². The molecule has 2 N–H and O–H groups in total. The summed E-state index contributed by atoms with van der Waals surface area (Å²) >= 11 is 1.28. The van der Waals surface area contributed by atoms with Crippen molar-refractivity contribution < 1.29 is 14.4 Å². The number of rotatable bonds is 7. The highest BCUT2D eigenvalue weighted by Gasteiger charge is 2.34. The van der Waals surface area contributed by atoms with Crippen molar-refractivity contribution in [2.45, 2.75) is 59.3 Å². The Labute approximate surface area is 146 Å².